The molecule has 1 aromatic carbocycles. The van der Waals surface area contributed by atoms with Crippen molar-refractivity contribution in [1.82, 2.24) is 15.4 Å². The number of anilines is 1. The Morgan fingerprint density at radius 2 is 2.08 bits per heavy atom. The lowest BCUT2D eigenvalue weighted by atomic mass is 9.88. The molecule has 0 bridgehead atoms. The molecule has 26 heavy (non-hydrogen) atoms. The third-order valence-corrected chi connectivity index (χ3v) is 5.57. The number of nitrogens with one attached hydrogen (secondary N) is 2. The fraction of sp³-hybridized carbons (Fsp3) is 0.579. The lowest BCUT2D eigenvalue weighted by molar-refractivity contribution is -0.121. The van der Waals surface area contributed by atoms with E-state index in [4.69, 9.17) is 10.3 Å². The molecule has 0 atom stereocenters. The fourth-order valence-corrected chi connectivity index (χ4v) is 3.99. The molecule has 4 N–H and O–H groups in total. The first-order valence-corrected chi connectivity index (χ1v) is 9.47. The van der Waals surface area contributed by atoms with E-state index in [0.717, 1.165) is 42.5 Å². The lowest BCUT2D eigenvalue weighted by Crippen LogP contribution is -2.63. The van der Waals surface area contributed by atoms with Gasteiger partial charge in [0.15, 0.2) is 11.4 Å². The second kappa shape index (κ2) is 7.25. The quantitative estimate of drug-likeness (QED) is 0.752. The summed E-state index contributed by atoms with van der Waals surface area (Å²) in [6.45, 7) is 4.10. The van der Waals surface area contributed by atoms with Crippen LogP contribution >= 0.6 is 0 Å². The molecule has 1 aromatic heterocycles. The van der Waals surface area contributed by atoms with Gasteiger partial charge in [-0.2, -0.15) is 0 Å². The number of likely N-dealkylation sites (tertiary alicyclic amines) is 1. The van der Waals surface area contributed by atoms with Crippen LogP contribution in [0, 0.1) is 6.92 Å². The Morgan fingerprint density at radius 3 is 2.85 bits per heavy atom. The smallest absolute Gasteiger partial charge is 0.239 e. The van der Waals surface area contributed by atoms with Crippen LogP contribution in [0.15, 0.2) is 22.7 Å². The van der Waals surface area contributed by atoms with E-state index in [9.17, 15) is 4.79 Å². The Hall–Kier alpha value is -2.12. The highest BCUT2D eigenvalue weighted by atomic mass is 16.5. The largest absolute Gasteiger partial charge is 0.358 e. The maximum absolute atomic E-state index is 12.2. The van der Waals surface area contributed by atoms with Gasteiger partial charge in [-0.05, 0) is 44.7 Å². The number of nitrogens with zero attached hydrogens (tertiary/aromatic N) is 2. The number of carbonyl (C=O) groups excluding carboxylic acids is 1. The summed E-state index contributed by atoms with van der Waals surface area (Å²) in [5.41, 5.74) is 7.83. The van der Waals surface area contributed by atoms with Crippen LogP contribution < -0.4 is 16.4 Å². The predicted octanol–water partition coefficient (Wildman–Crippen LogP) is 1.62. The third kappa shape index (κ3) is 3.68. The summed E-state index contributed by atoms with van der Waals surface area (Å²) < 4.78 is 5.28. The second-order valence-corrected chi connectivity index (χ2v) is 7.67. The Morgan fingerprint density at radius 1 is 1.31 bits per heavy atom. The summed E-state index contributed by atoms with van der Waals surface area (Å²) in [4.78, 5) is 14.7. The molecule has 2 heterocycles. The molecule has 2 aliphatic rings. The molecule has 7 nitrogen and oxygen atoms in total. The normalized spacial score (nSPS) is 24.4. The molecule has 2 fully saturated rings. The van der Waals surface area contributed by atoms with Crippen LogP contribution in [-0.2, 0) is 4.79 Å². The van der Waals surface area contributed by atoms with Crippen molar-refractivity contribution in [1.29, 1.82) is 0 Å². The first-order chi connectivity index (χ1) is 12.6. The summed E-state index contributed by atoms with van der Waals surface area (Å²) in [6, 6.07) is 7.15. The van der Waals surface area contributed by atoms with Gasteiger partial charge in [-0.3, -0.25) is 9.69 Å². The van der Waals surface area contributed by atoms with Crippen LogP contribution in [0.5, 0.6) is 0 Å². The van der Waals surface area contributed by atoms with Crippen molar-refractivity contribution in [2.75, 3.05) is 25.0 Å². The molecule has 4 rings (SSSR count). The third-order valence-electron chi connectivity index (χ3n) is 5.57. The Labute approximate surface area is 153 Å². The average Bonchev–Trinajstić information content (AvgIpc) is 2.99. The van der Waals surface area contributed by atoms with Crippen LogP contribution in [0.3, 0.4) is 0 Å². The van der Waals surface area contributed by atoms with Gasteiger partial charge in [0.1, 0.15) is 0 Å². The van der Waals surface area contributed by atoms with E-state index in [2.05, 4.69) is 20.7 Å². The van der Waals surface area contributed by atoms with E-state index in [0.29, 0.717) is 17.9 Å². The zero-order valence-electron chi connectivity index (χ0n) is 15.2. The molecule has 0 radical (unpaired) electrons. The Balaban J connectivity index is 1.22. The zero-order valence-corrected chi connectivity index (χ0v) is 15.2. The molecule has 2 aromatic rings. The number of amides is 1. The summed E-state index contributed by atoms with van der Waals surface area (Å²) in [6.07, 6.45) is 4.60. The SMILES string of the molecule is Cc1ccc2onc(NCC(=O)NC3CN([C@H]4CC[C@@H](N)CC4)C3)c2c1. The van der Waals surface area contributed by atoms with E-state index in [1.807, 2.05) is 25.1 Å². The number of benzene rings is 1. The lowest BCUT2D eigenvalue weighted by Gasteiger charge is -2.46. The molecule has 7 heteroatoms. The fourth-order valence-electron chi connectivity index (χ4n) is 3.99. The molecule has 1 saturated carbocycles. The Kier molecular flexibility index (Phi) is 4.82. The number of fused-ring (bicyclic) bond motifs is 1. The van der Waals surface area contributed by atoms with Gasteiger partial charge in [-0.15, -0.1) is 0 Å². The van der Waals surface area contributed by atoms with Gasteiger partial charge in [0.25, 0.3) is 0 Å². The monoisotopic (exact) mass is 357 g/mol. The van der Waals surface area contributed by atoms with Gasteiger partial charge in [0.2, 0.25) is 5.91 Å². The van der Waals surface area contributed by atoms with Crippen molar-refractivity contribution >= 4 is 22.7 Å². The second-order valence-electron chi connectivity index (χ2n) is 7.67. The van der Waals surface area contributed by atoms with Crippen LogP contribution in [-0.4, -0.2) is 53.7 Å². The summed E-state index contributed by atoms with van der Waals surface area (Å²) in [5, 5.41) is 11.1. The van der Waals surface area contributed by atoms with Crippen molar-refractivity contribution < 1.29 is 9.32 Å². The molecule has 140 valence electrons. The number of hydrogen-bond donors (Lipinski definition) is 3. The van der Waals surface area contributed by atoms with Gasteiger partial charge in [-0.1, -0.05) is 16.8 Å². The van der Waals surface area contributed by atoms with Crippen LogP contribution in [0.2, 0.25) is 0 Å². The molecule has 0 spiro atoms. The van der Waals surface area contributed by atoms with Crippen LogP contribution in [0.1, 0.15) is 31.2 Å². The molecule has 1 aliphatic carbocycles. The molecular formula is C19H27N5O2. The van der Waals surface area contributed by atoms with Crippen molar-refractivity contribution in [3.63, 3.8) is 0 Å². The highest BCUT2D eigenvalue weighted by Gasteiger charge is 2.34. The minimum absolute atomic E-state index is 0.0101. The van der Waals surface area contributed by atoms with Gasteiger partial charge in [0, 0.05) is 25.2 Å². The number of rotatable bonds is 5. The molecule has 0 unspecified atom stereocenters. The number of hydrogen-bond acceptors (Lipinski definition) is 6. The minimum Gasteiger partial charge on any atom is -0.358 e. The first-order valence-electron chi connectivity index (χ1n) is 9.47. The number of nitrogens with two attached hydrogens (primary N) is 1. The van der Waals surface area contributed by atoms with Crippen LogP contribution in [0.25, 0.3) is 11.0 Å². The Bertz CT molecular complexity index is 775. The standard InChI is InChI=1S/C19H27N5O2/c1-12-2-7-17-16(8-12)19(23-26-17)21-9-18(25)22-14-10-24(11-14)15-5-3-13(20)4-6-15/h2,7-8,13-15H,3-6,9-11,20H2,1H3,(H,21,23)(H,22,25)/t13-,15+. The first kappa shape index (κ1) is 17.3. The van der Waals surface area contributed by atoms with Crippen molar-refractivity contribution in [2.45, 2.75) is 50.7 Å². The van der Waals surface area contributed by atoms with E-state index < -0.39 is 0 Å². The topological polar surface area (TPSA) is 96.4 Å². The van der Waals surface area contributed by atoms with E-state index in [1.165, 1.54) is 12.8 Å². The van der Waals surface area contributed by atoms with E-state index >= 15 is 0 Å². The van der Waals surface area contributed by atoms with E-state index in [-0.39, 0.29) is 18.5 Å². The van der Waals surface area contributed by atoms with Gasteiger partial charge in [-0.25, -0.2) is 0 Å². The molecule has 1 saturated heterocycles. The molecular weight excluding hydrogens is 330 g/mol. The summed E-state index contributed by atoms with van der Waals surface area (Å²) >= 11 is 0. The molecule has 1 amide bonds. The van der Waals surface area contributed by atoms with Crippen molar-refractivity contribution in [2.24, 2.45) is 5.73 Å². The van der Waals surface area contributed by atoms with Gasteiger partial charge in [0.05, 0.1) is 18.0 Å². The summed E-state index contributed by atoms with van der Waals surface area (Å²) in [5.74, 6) is 0.608. The maximum Gasteiger partial charge on any atom is 0.239 e. The number of aromatic nitrogens is 1. The number of aryl methyl sites for hydroxylation is 1. The zero-order chi connectivity index (χ0) is 18.1. The predicted molar refractivity (Wildman–Crippen MR) is 101 cm³/mol. The van der Waals surface area contributed by atoms with Crippen LogP contribution in [0.4, 0.5) is 5.82 Å². The number of carbonyl (C=O) groups is 1. The van der Waals surface area contributed by atoms with Gasteiger partial charge < -0.3 is 20.9 Å². The average molecular weight is 357 g/mol. The van der Waals surface area contributed by atoms with E-state index in [1.54, 1.807) is 0 Å². The highest BCUT2D eigenvalue weighted by Crippen LogP contribution is 2.26. The highest BCUT2D eigenvalue weighted by molar-refractivity contribution is 5.90. The minimum atomic E-state index is -0.0101. The van der Waals surface area contributed by atoms with Crippen molar-refractivity contribution in [3.05, 3.63) is 23.8 Å². The van der Waals surface area contributed by atoms with Gasteiger partial charge >= 0.3 is 0 Å². The molecule has 1 aliphatic heterocycles. The maximum atomic E-state index is 12.2. The van der Waals surface area contributed by atoms with Crippen molar-refractivity contribution in [3.8, 4) is 0 Å². The summed E-state index contributed by atoms with van der Waals surface area (Å²) in [7, 11) is 0.